The van der Waals surface area contributed by atoms with Gasteiger partial charge < -0.3 is 9.47 Å². The predicted molar refractivity (Wildman–Crippen MR) is 95.9 cm³/mol. The molecule has 0 saturated heterocycles. The largest absolute Gasteiger partial charge is 0.490 e. The first kappa shape index (κ1) is 17.9. The fourth-order valence-electron chi connectivity index (χ4n) is 2.16. The number of ether oxygens (including phenoxy) is 2. The summed E-state index contributed by atoms with van der Waals surface area (Å²) in [4.78, 5) is 13.0. The highest BCUT2D eigenvalue weighted by Gasteiger charge is 2.10. The maximum absolute atomic E-state index is 11.8. The highest BCUT2D eigenvalue weighted by atomic mass is 35.5. The molecule has 1 heterocycles. The van der Waals surface area contributed by atoms with Crippen LogP contribution in [-0.4, -0.2) is 39.4 Å². The number of tetrazole rings is 1. The molecule has 2 aromatic carbocycles. The standard InChI is InChI=1S/C18H17ClN4O3/c1-13-5-7-14(8-6-13)18-20-22-23(21-18)12-17(24)26-10-9-25-16-4-2-3-15(19)11-16/h2-8,11H,9-10,12H2,1H3. The Morgan fingerprint density at radius 1 is 1.15 bits per heavy atom. The van der Waals surface area contributed by atoms with Gasteiger partial charge in [-0.15, -0.1) is 10.2 Å². The van der Waals surface area contributed by atoms with Gasteiger partial charge in [-0.2, -0.15) is 4.80 Å². The maximum Gasteiger partial charge on any atom is 0.329 e. The number of rotatable bonds is 7. The highest BCUT2D eigenvalue weighted by molar-refractivity contribution is 6.30. The van der Waals surface area contributed by atoms with Crippen molar-refractivity contribution >= 4 is 17.6 Å². The first-order valence-electron chi connectivity index (χ1n) is 7.99. The lowest BCUT2D eigenvalue weighted by Crippen LogP contribution is -2.18. The van der Waals surface area contributed by atoms with Crippen molar-refractivity contribution in [3.05, 3.63) is 59.1 Å². The van der Waals surface area contributed by atoms with E-state index < -0.39 is 5.97 Å². The van der Waals surface area contributed by atoms with Gasteiger partial charge >= 0.3 is 5.97 Å². The minimum atomic E-state index is -0.465. The van der Waals surface area contributed by atoms with Gasteiger partial charge in [-0.25, -0.2) is 4.79 Å². The first-order valence-corrected chi connectivity index (χ1v) is 8.37. The molecule has 1 aromatic heterocycles. The second-order valence-corrected chi connectivity index (χ2v) is 5.97. The molecule has 0 fully saturated rings. The van der Waals surface area contributed by atoms with Gasteiger partial charge in [-0.3, -0.25) is 0 Å². The van der Waals surface area contributed by atoms with Crippen molar-refractivity contribution in [3.8, 4) is 17.1 Å². The van der Waals surface area contributed by atoms with Crippen LogP contribution in [0, 0.1) is 6.92 Å². The molecule has 3 aromatic rings. The molecule has 134 valence electrons. The fraction of sp³-hybridized carbons (Fsp3) is 0.222. The summed E-state index contributed by atoms with van der Waals surface area (Å²) in [6.45, 7) is 2.23. The quantitative estimate of drug-likeness (QED) is 0.468. The number of hydrogen-bond donors (Lipinski definition) is 0. The summed E-state index contributed by atoms with van der Waals surface area (Å²) in [6.07, 6.45) is 0. The molecule has 7 nitrogen and oxygen atoms in total. The topological polar surface area (TPSA) is 79.1 Å². The molecular weight excluding hydrogens is 356 g/mol. The Bertz CT molecular complexity index is 880. The monoisotopic (exact) mass is 372 g/mol. The summed E-state index contributed by atoms with van der Waals surface area (Å²) in [7, 11) is 0. The van der Waals surface area contributed by atoms with Gasteiger partial charge in [0.2, 0.25) is 5.82 Å². The molecular formula is C18H17ClN4O3. The van der Waals surface area contributed by atoms with Gasteiger partial charge in [0.05, 0.1) is 0 Å². The average molecular weight is 373 g/mol. The van der Waals surface area contributed by atoms with E-state index in [1.54, 1.807) is 24.3 Å². The van der Waals surface area contributed by atoms with Gasteiger partial charge in [-0.1, -0.05) is 47.5 Å². The van der Waals surface area contributed by atoms with Crippen LogP contribution < -0.4 is 4.74 Å². The summed E-state index contributed by atoms with van der Waals surface area (Å²) in [5, 5.41) is 12.6. The third-order valence-electron chi connectivity index (χ3n) is 3.44. The second kappa shape index (κ2) is 8.44. The van der Waals surface area contributed by atoms with Crippen molar-refractivity contribution in [2.45, 2.75) is 13.5 Å². The van der Waals surface area contributed by atoms with Crippen LogP contribution in [0.3, 0.4) is 0 Å². The smallest absolute Gasteiger partial charge is 0.329 e. The van der Waals surface area contributed by atoms with Crippen LogP contribution in [0.5, 0.6) is 5.75 Å². The van der Waals surface area contributed by atoms with Gasteiger partial charge in [0.25, 0.3) is 0 Å². The van der Waals surface area contributed by atoms with E-state index in [2.05, 4.69) is 15.4 Å². The van der Waals surface area contributed by atoms with Crippen LogP contribution in [0.2, 0.25) is 5.02 Å². The zero-order valence-electron chi connectivity index (χ0n) is 14.1. The molecule has 8 heteroatoms. The van der Waals surface area contributed by atoms with Gasteiger partial charge in [0.15, 0.2) is 6.54 Å². The van der Waals surface area contributed by atoms with E-state index in [0.717, 1.165) is 11.1 Å². The van der Waals surface area contributed by atoms with E-state index in [0.29, 0.717) is 16.6 Å². The molecule has 0 N–H and O–H groups in total. The van der Waals surface area contributed by atoms with Gasteiger partial charge in [-0.05, 0) is 30.3 Å². The van der Waals surface area contributed by atoms with E-state index >= 15 is 0 Å². The molecule has 0 unspecified atom stereocenters. The molecule has 0 spiro atoms. The maximum atomic E-state index is 11.8. The SMILES string of the molecule is Cc1ccc(-c2nnn(CC(=O)OCCOc3cccc(Cl)c3)n2)cc1. The predicted octanol–water partition coefficient (Wildman–Crippen LogP) is 2.92. The van der Waals surface area contributed by atoms with Crippen LogP contribution in [0.1, 0.15) is 5.56 Å². The van der Waals surface area contributed by atoms with Crippen molar-refractivity contribution < 1.29 is 14.3 Å². The number of aromatic nitrogens is 4. The van der Waals surface area contributed by atoms with E-state index in [1.807, 2.05) is 31.2 Å². The third-order valence-corrected chi connectivity index (χ3v) is 3.68. The van der Waals surface area contributed by atoms with Crippen molar-refractivity contribution in [3.63, 3.8) is 0 Å². The lowest BCUT2D eigenvalue weighted by atomic mass is 10.1. The molecule has 0 radical (unpaired) electrons. The molecule has 0 saturated carbocycles. The number of aryl methyl sites for hydroxylation is 1. The Balaban J connectivity index is 1.44. The average Bonchev–Trinajstić information content (AvgIpc) is 3.08. The molecule has 0 aliphatic rings. The second-order valence-electron chi connectivity index (χ2n) is 5.54. The number of hydrogen-bond acceptors (Lipinski definition) is 6. The Hall–Kier alpha value is -2.93. The summed E-state index contributed by atoms with van der Waals surface area (Å²) in [5.74, 6) is 0.615. The van der Waals surface area contributed by atoms with Crippen molar-refractivity contribution in [1.29, 1.82) is 0 Å². The Labute approximate surface area is 155 Å². The van der Waals surface area contributed by atoms with Crippen molar-refractivity contribution in [2.75, 3.05) is 13.2 Å². The summed E-state index contributed by atoms with van der Waals surface area (Å²) >= 11 is 5.86. The van der Waals surface area contributed by atoms with E-state index in [1.165, 1.54) is 4.80 Å². The molecule has 3 rings (SSSR count). The minimum Gasteiger partial charge on any atom is -0.490 e. The van der Waals surface area contributed by atoms with Crippen LogP contribution in [0.4, 0.5) is 0 Å². The van der Waals surface area contributed by atoms with E-state index in [-0.39, 0.29) is 19.8 Å². The van der Waals surface area contributed by atoms with Crippen LogP contribution in [0.15, 0.2) is 48.5 Å². The fourth-order valence-corrected chi connectivity index (χ4v) is 2.34. The summed E-state index contributed by atoms with van der Waals surface area (Å²) < 4.78 is 10.6. The number of carbonyl (C=O) groups is 1. The third kappa shape index (κ3) is 5.03. The highest BCUT2D eigenvalue weighted by Crippen LogP contribution is 2.17. The number of carbonyl (C=O) groups excluding carboxylic acids is 1. The molecule has 0 aliphatic carbocycles. The van der Waals surface area contributed by atoms with Crippen LogP contribution in [0.25, 0.3) is 11.4 Å². The van der Waals surface area contributed by atoms with Crippen molar-refractivity contribution in [2.24, 2.45) is 0 Å². The Morgan fingerprint density at radius 3 is 2.73 bits per heavy atom. The number of halogens is 1. The number of esters is 1. The normalized spacial score (nSPS) is 10.5. The molecule has 0 atom stereocenters. The van der Waals surface area contributed by atoms with E-state index in [4.69, 9.17) is 21.1 Å². The Morgan fingerprint density at radius 2 is 1.96 bits per heavy atom. The molecule has 26 heavy (non-hydrogen) atoms. The van der Waals surface area contributed by atoms with Gasteiger partial charge in [0.1, 0.15) is 19.0 Å². The van der Waals surface area contributed by atoms with Gasteiger partial charge in [0, 0.05) is 10.6 Å². The Kier molecular flexibility index (Phi) is 5.80. The zero-order valence-corrected chi connectivity index (χ0v) is 14.9. The zero-order chi connectivity index (χ0) is 18.4. The molecule has 0 bridgehead atoms. The molecule has 0 amide bonds. The number of nitrogens with zero attached hydrogens (tertiary/aromatic N) is 4. The lowest BCUT2D eigenvalue weighted by molar-refractivity contribution is -0.145. The number of benzene rings is 2. The lowest BCUT2D eigenvalue weighted by Gasteiger charge is -2.07. The van der Waals surface area contributed by atoms with Crippen molar-refractivity contribution in [1.82, 2.24) is 20.2 Å². The van der Waals surface area contributed by atoms with Crippen LogP contribution >= 0.6 is 11.6 Å². The summed E-state index contributed by atoms with van der Waals surface area (Å²) in [6, 6.07) is 14.7. The first-order chi connectivity index (χ1) is 12.6. The molecule has 0 aliphatic heterocycles. The minimum absolute atomic E-state index is 0.115. The van der Waals surface area contributed by atoms with E-state index in [9.17, 15) is 4.79 Å². The summed E-state index contributed by atoms with van der Waals surface area (Å²) in [5.41, 5.74) is 1.98. The van der Waals surface area contributed by atoms with Crippen LogP contribution in [-0.2, 0) is 16.1 Å².